The molecule has 0 amide bonds. The summed E-state index contributed by atoms with van der Waals surface area (Å²) in [6.45, 7) is 2.16. The Hall–Kier alpha value is -2.53. The van der Waals surface area contributed by atoms with Crippen molar-refractivity contribution in [3.05, 3.63) is 65.9 Å². The summed E-state index contributed by atoms with van der Waals surface area (Å²) < 4.78 is 2.05. The van der Waals surface area contributed by atoms with E-state index in [0.717, 1.165) is 35.2 Å². The quantitative estimate of drug-likeness (QED) is 0.518. The van der Waals surface area contributed by atoms with Crippen LogP contribution in [0.4, 0.5) is 11.5 Å². The molecule has 1 spiro atoms. The number of anilines is 1. The molecule has 1 fully saturated rings. The number of rotatable bonds is 1. The Morgan fingerprint density at radius 2 is 1.68 bits per heavy atom. The minimum absolute atomic E-state index is 0.0264. The molecule has 140 valence electrons. The van der Waals surface area contributed by atoms with Gasteiger partial charge in [0.15, 0.2) is 11.0 Å². The maximum atomic E-state index is 5.17. The van der Waals surface area contributed by atoms with Gasteiger partial charge in [0.25, 0.3) is 0 Å². The summed E-state index contributed by atoms with van der Waals surface area (Å²) in [6.07, 6.45) is 6.15. The van der Waals surface area contributed by atoms with Gasteiger partial charge in [0.2, 0.25) is 0 Å². The number of thioether (sulfide) groups is 1. The number of aromatic nitrogens is 2. The molecule has 0 bridgehead atoms. The van der Waals surface area contributed by atoms with Crippen LogP contribution in [0.15, 0.2) is 64.5 Å². The molecule has 3 aliphatic rings. The van der Waals surface area contributed by atoms with Gasteiger partial charge in [-0.25, -0.2) is 9.67 Å². The summed E-state index contributed by atoms with van der Waals surface area (Å²) in [5, 5.41) is 6.07. The summed E-state index contributed by atoms with van der Waals surface area (Å²) in [5.41, 5.74) is 4.80. The second-order valence-corrected chi connectivity index (χ2v) is 8.93. The van der Waals surface area contributed by atoms with Crippen molar-refractivity contribution < 1.29 is 0 Å². The standard InChI is InChI=1S/C23H22N4S/c1-16-20-21(27(25-16)17-10-4-2-5-11-17)24-22-26(23(20)14-8-3-9-15-23)18-12-6-7-13-19(18)28-22/h2,4-7,10-13H,3,8-9,14-15H2,1H3. The average Bonchev–Trinajstić information content (AvgIpc) is 3.28. The van der Waals surface area contributed by atoms with Crippen molar-refractivity contribution in [3.63, 3.8) is 0 Å². The van der Waals surface area contributed by atoms with Crippen molar-refractivity contribution in [3.8, 4) is 5.69 Å². The first-order valence-electron chi connectivity index (χ1n) is 10.1. The van der Waals surface area contributed by atoms with E-state index >= 15 is 0 Å². The van der Waals surface area contributed by atoms with Crippen molar-refractivity contribution in [1.82, 2.24) is 9.78 Å². The number of nitrogens with zero attached hydrogens (tertiary/aromatic N) is 4. The SMILES string of the molecule is Cc1nn(-c2ccccc2)c2c1C1(CCCCC1)N1C(=N2)Sc2ccccc21. The summed E-state index contributed by atoms with van der Waals surface area (Å²) in [7, 11) is 0. The fraction of sp³-hybridized carbons (Fsp3) is 0.304. The maximum absolute atomic E-state index is 5.17. The van der Waals surface area contributed by atoms with Crippen LogP contribution in [0.3, 0.4) is 0 Å². The Morgan fingerprint density at radius 3 is 2.50 bits per heavy atom. The summed E-state index contributed by atoms with van der Waals surface area (Å²) in [5.74, 6) is 1.03. The largest absolute Gasteiger partial charge is 0.309 e. The van der Waals surface area contributed by atoms with Gasteiger partial charge in [-0.05, 0) is 55.8 Å². The van der Waals surface area contributed by atoms with Crippen LogP contribution < -0.4 is 4.90 Å². The van der Waals surface area contributed by atoms with Gasteiger partial charge in [0.1, 0.15) is 0 Å². The molecule has 0 radical (unpaired) electrons. The third-order valence-corrected chi connectivity index (χ3v) is 7.33. The minimum atomic E-state index is -0.0264. The van der Waals surface area contributed by atoms with E-state index in [0.29, 0.717) is 0 Å². The molecule has 0 N–H and O–H groups in total. The van der Waals surface area contributed by atoms with Crippen molar-refractivity contribution in [2.45, 2.75) is 49.5 Å². The Balaban J connectivity index is 1.63. The third-order valence-electron chi connectivity index (χ3n) is 6.31. The second kappa shape index (κ2) is 5.98. The zero-order valence-electron chi connectivity index (χ0n) is 15.9. The molecule has 2 aromatic carbocycles. The van der Waals surface area contributed by atoms with Gasteiger partial charge in [-0.2, -0.15) is 5.10 Å². The number of benzene rings is 2. The lowest BCUT2D eigenvalue weighted by Gasteiger charge is -2.47. The van der Waals surface area contributed by atoms with Crippen LogP contribution in [0.25, 0.3) is 5.69 Å². The first-order chi connectivity index (χ1) is 13.8. The fourth-order valence-electron chi connectivity index (χ4n) is 5.19. The number of fused-ring (bicyclic) bond motifs is 6. The summed E-state index contributed by atoms with van der Waals surface area (Å²) in [6, 6.07) is 19.2. The lowest BCUT2D eigenvalue weighted by Crippen LogP contribution is -2.50. The van der Waals surface area contributed by atoms with Crippen molar-refractivity contribution in [1.29, 1.82) is 0 Å². The van der Waals surface area contributed by atoms with Gasteiger partial charge in [-0.1, -0.05) is 49.6 Å². The van der Waals surface area contributed by atoms with Crippen LogP contribution in [-0.2, 0) is 5.54 Å². The number of aryl methyl sites for hydroxylation is 1. The van der Waals surface area contributed by atoms with Crippen LogP contribution in [-0.4, -0.2) is 14.9 Å². The molecular formula is C23H22N4S. The van der Waals surface area contributed by atoms with E-state index in [2.05, 4.69) is 65.0 Å². The van der Waals surface area contributed by atoms with Gasteiger partial charge >= 0.3 is 0 Å². The normalized spacial score (nSPS) is 19.2. The van der Waals surface area contributed by atoms with Crippen molar-refractivity contribution >= 4 is 28.4 Å². The van der Waals surface area contributed by atoms with E-state index in [9.17, 15) is 0 Å². The lowest BCUT2D eigenvalue weighted by atomic mass is 9.74. The predicted octanol–water partition coefficient (Wildman–Crippen LogP) is 5.95. The average molecular weight is 387 g/mol. The molecule has 1 saturated carbocycles. The van der Waals surface area contributed by atoms with Gasteiger partial charge in [-0.15, -0.1) is 0 Å². The van der Waals surface area contributed by atoms with Crippen molar-refractivity contribution in [2.24, 2.45) is 4.99 Å². The Labute approximate surface area is 169 Å². The fourth-order valence-corrected chi connectivity index (χ4v) is 6.29. The maximum Gasteiger partial charge on any atom is 0.176 e. The highest BCUT2D eigenvalue weighted by Crippen LogP contribution is 2.57. The van der Waals surface area contributed by atoms with Gasteiger partial charge < -0.3 is 4.90 Å². The topological polar surface area (TPSA) is 33.4 Å². The number of para-hydroxylation sites is 2. The molecule has 5 heteroatoms. The Bertz CT molecular complexity index is 1090. The molecule has 0 atom stereocenters. The highest BCUT2D eigenvalue weighted by molar-refractivity contribution is 8.14. The lowest BCUT2D eigenvalue weighted by molar-refractivity contribution is 0.301. The molecule has 2 aliphatic heterocycles. The molecule has 28 heavy (non-hydrogen) atoms. The number of hydrogen-bond donors (Lipinski definition) is 0. The molecule has 1 aliphatic carbocycles. The first kappa shape index (κ1) is 16.4. The molecular weight excluding hydrogens is 364 g/mol. The second-order valence-electron chi connectivity index (χ2n) is 7.92. The third kappa shape index (κ3) is 2.14. The van der Waals surface area contributed by atoms with E-state index in [1.54, 1.807) is 11.8 Å². The highest BCUT2D eigenvalue weighted by Gasteiger charge is 2.51. The van der Waals surface area contributed by atoms with Crippen LogP contribution in [0.1, 0.15) is 43.4 Å². The Kier molecular flexibility index (Phi) is 3.51. The number of hydrogen-bond acceptors (Lipinski definition) is 4. The zero-order valence-corrected chi connectivity index (χ0v) is 16.7. The molecule has 3 heterocycles. The summed E-state index contributed by atoms with van der Waals surface area (Å²) in [4.78, 5) is 9.03. The van der Waals surface area contributed by atoms with Crippen molar-refractivity contribution in [2.75, 3.05) is 4.90 Å². The molecule has 0 unspecified atom stereocenters. The van der Waals surface area contributed by atoms with Gasteiger partial charge in [0, 0.05) is 10.5 Å². The van der Waals surface area contributed by atoms with E-state index in [1.807, 2.05) is 6.07 Å². The molecule has 0 saturated heterocycles. The molecule has 1 aromatic heterocycles. The van der Waals surface area contributed by atoms with Crippen LogP contribution in [0.2, 0.25) is 0 Å². The van der Waals surface area contributed by atoms with E-state index in [4.69, 9.17) is 10.1 Å². The van der Waals surface area contributed by atoms with Gasteiger partial charge in [-0.3, -0.25) is 0 Å². The van der Waals surface area contributed by atoms with E-state index < -0.39 is 0 Å². The van der Waals surface area contributed by atoms with E-state index in [1.165, 1.54) is 35.4 Å². The molecule has 4 nitrogen and oxygen atoms in total. The zero-order chi connectivity index (χ0) is 18.7. The molecule has 3 aromatic rings. The molecule has 6 rings (SSSR count). The summed E-state index contributed by atoms with van der Waals surface area (Å²) >= 11 is 1.80. The monoisotopic (exact) mass is 386 g/mol. The number of amidine groups is 1. The Morgan fingerprint density at radius 1 is 0.929 bits per heavy atom. The smallest absolute Gasteiger partial charge is 0.176 e. The van der Waals surface area contributed by atoms with Gasteiger partial charge in [0.05, 0.1) is 22.6 Å². The number of aliphatic imine (C=N–C) groups is 1. The highest BCUT2D eigenvalue weighted by atomic mass is 32.2. The van der Waals surface area contributed by atoms with E-state index in [-0.39, 0.29) is 5.54 Å². The van der Waals surface area contributed by atoms with Crippen LogP contribution in [0.5, 0.6) is 0 Å². The minimum Gasteiger partial charge on any atom is -0.309 e. The predicted molar refractivity (Wildman–Crippen MR) is 115 cm³/mol. The van der Waals surface area contributed by atoms with Crippen LogP contribution >= 0.6 is 11.8 Å². The van der Waals surface area contributed by atoms with Crippen LogP contribution in [0, 0.1) is 6.92 Å². The first-order valence-corrected chi connectivity index (χ1v) is 10.9.